The van der Waals surface area contributed by atoms with Crippen LogP contribution in [0.25, 0.3) is 11.0 Å². The molecular weight excluding hydrogens is 686 g/mol. The van der Waals surface area contributed by atoms with Gasteiger partial charge in [0, 0.05) is 31.2 Å². The molecule has 5 aromatic rings. The van der Waals surface area contributed by atoms with Crippen LogP contribution in [0, 0.1) is 17.2 Å². The van der Waals surface area contributed by atoms with Gasteiger partial charge >= 0.3 is 0 Å². The van der Waals surface area contributed by atoms with Crippen molar-refractivity contribution in [3.8, 4) is 17.2 Å². The van der Waals surface area contributed by atoms with Gasteiger partial charge in [-0.3, -0.25) is 14.6 Å². The van der Waals surface area contributed by atoms with Crippen molar-refractivity contribution in [1.82, 2.24) is 24.3 Å². The zero-order chi connectivity index (χ0) is 37.8. The Labute approximate surface area is 315 Å². The summed E-state index contributed by atoms with van der Waals surface area (Å²) in [7, 11) is 4.73. The highest BCUT2D eigenvalue weighted by Crippen LogP contribution is 2.43. The molecule has 0 radical (unpaired) electrons. The Morgan fingerprint density at radius 2 is 1.59 bits per heavy atom. The molecule has 1 amide bonds. The summed E-state index contributed by atoms with van der Waals surface area (Å²) in [4.78, 5) is 42.4. The number of halogens is 1. The predicted octanol–water partition coefficient (Wildman–Crippen LogP) is 6.98. The minimum absolute atomic E-state index is 0.0654. The summed E-state index contributed by atoms with van der Waals surface area (Å²) in [5.74, 6) is 1.77. The number of pyridine rings is 1. The van der Waals surface area contributed by atoms with E-state index in [4.69, 9.17) is 19.2 Å². The van der Waals surface area contributed by atoms with E-state index in [9.17, 15) is 14.0 Å². The van der Waals surface area contributed by atoms with Crippen LogP contribution in [0.2, 0.25) is 0 Å². The van der Waals surface area contributed by atoms with Crippen molar-refractivity contribution < 1.29 is 28.2 Å². The maximum Gasteiger partial charge on any atom is 0.229 e. The second-order valence-electron chi connectivity index (χ2n) is 14.7. The summed E-state index contributed by atoms with van der Waals surface area (Å²) in [5, 5.41) is 0. The molecule has 2 aliphatic heterocycles. The Morgan fingerprint density at radius 3 is 2.26 bits per heavy atom. The molecule has 2 saturated heterocycles. The number of fused-ring (bicyclic) bond motifs is 1. The van der Waals surface area contributed by atoms with E-state index in [1.54, 1.807) is 39.7 Å². The number of ether oxygens (including phenoxy) is 3. The second-order valence-corrected chi connectivity index (χ2v) is 14.7. The van der Waals surface area contributed by atoms with Crippen molar-refractivity contribution in [2.24, 2.45) is 11.3 Å². The van der Waals surface area contributed by atoms with Gasteiger partial charge in [-0.2, -0.15) is 0 Å². The Bertz CT molecular complexity index is 2070. The lowest BCUT2D eigenvalue weighted by Crippen LogP contribution is -2.46. The van der Waals surface area contributed by atoms with E-state index in [0.717, 1.165) is 40.9 Å². The minimum atomic E-state index is -0.666. The number of hydrogen-bond donors (Lipinski definition) is 0. The Kier molecular flexibility index (Phi) is 11.0. The van der Waals surface area contributed by atoms with Crippen molar-refractivity contribution in [3.05, 3.63) is 114 Å². The quantitative estimate of drug-likeness (QED) is 0.113. The minimum Gasteiger partial charge on any atom is -0.493 e. The summed E-state index contributed by atoms with van der Waals surface area (Å²) >= 11 is 0. The Morgan fingerprint density at radius 1 is 0.889 bits per heavy atom. The van der Waals surface area contributed by atoms with Crippen molar-refractivity contribution in [1.29, 1.82) is 0 Å². The third-order valence-corrected chi connectivity index (χ3v) is 11.3. The number of hydrogen-bond acceptors (Lipinski definition) is 8. The zero-order valence-electron chi connectivity index (χ0n) is 31.5. The number of ketones is 1. The number of methoxy groups -OCH3 is 3. The highest BCUT2D eigenvalue weighted by atomic mass is 19.1. The van der Waals surface area contributed by atoms with E-state index in [1.807, 2.05) is 64.1 Å². The summed E-state index contributed by atoms with van der Waals surface area (Å²) < 4.78 is 32.6. The van der Waals surface area contributed by atoms with Gasteiger partial charge < -0.3 is 28.6 Å². The normalized spacial score (nSPS) is 18.6. The zero-order valence-corrected chi connectivity index (χ0v) is 31.5. The monoisotopic (exact) mass is 733 g/mol. The molecular formula is C43H48FN5O5. The van der Waals surface area contributed by atoms with Gasteiger partial charge in [-0.25, -0.2) is 9.37 Å². The maximum absolute atomic E-state index is 14.6. The predicted molar refractivity (Wildman–Crippen MR) is 204 cm³/mol. The molecule has 0 spiro atoms. The van der Waals surface area contributed by atoms with Gasteiger partial charge in [0.25, 0.3) is 0 Å². The molecule has 0 N–H and O–H groups in total. The maximum atomic E-state index is 14.6. The van der Waals surface area contributed by atoms with Gasteiger partial charge in [0.1, 0.15) is 5.82 Å². The summed E-state index contributed by atoms with van der Waals surface area (Å²) in [6.45, 7) is 5.14. The highest BCUT2D eigenvalue weighted by Gasteiger charge is 2.48. The first kappa shape index (κ1) is 37.0. The first-order valence-electron chi connectivity index (χ1n) is 18.7. The number of imidazole rings is 1. The van der Waals surface area contributed by atoms with Crippen LogP contribution in [-0.2, 0) is 24.3 Å². The molecule has 11 heteroatoms. The fourth-order valence-electron chi connectivity index (χ4n) is 8.47. The molecule has 54 heavy (non-hydrogen) atoms. The van der Waals surface area contributed by atoms with Crippen molar-refractivity contribution in [3.63, 3.8) is 0 Å². The first-order valence-corrected chi connectivity index (χ1v) is 18.7. The molecule has 7 rings (SSSR count). The van der Waals surface area contributed by atoms with Crippen LogP contribution >= 0.6 is 0 Å². The number of carbonyl (C=O) groups is 2. The molecule has 2 aliphatic rings. The Balaban J connectivity index is 1.07. The van der Waals surface area contributed by atoms with Crippen molar-refractivity contribution in [2.75, 3.05) is 41.0 Å². The molecule has 10 nitrogen and oxygen atoms in total. The molecule has 2 fully saturated rings. The molecule has 0 bridgehead atoms. The fourth-order valence-corrected chi connectivity index (χ4v) is 8.47. The third-order valence-electron chi connectivity index (χ3n) is 11.3. The number of rotatable bonds is 14. The number of Topliss-reactive ketones (excluding diaryl/α,β-unsaturated/α-hetero) is 1. The Hall–Kier alpha value is -5.29. The lowest BCUT2D eigenvalue weighted by molar-refractivity contribution is -0.137. The average Bonchev–Trinajstić information content (AvgIpc) is 3.71. The van der Waals surface area contributed by atoms with E-state index in [0.29, 0.717) is 74.8 Å². The molecule has 0 saturated carbocycles. The van der Waals surface area contributed by atoms with Gasteiger partial charge in [-0.15, -0.1) is 0 Å². The largest absolute Gasteiger partial charge is 0.493 e. The lowest BCUT2D eigenvalue weighted by Gasteiger charge is -2.39. The van der Waals surface area contributed by atoms with E-state index in [-0.39, 0.29) is 29.5 Å². The van der Waals surface area contributed by atoms with Gasteiger partial charge in [0.05, 0.1) is 50.0 Å². The van der Waals surface area contributed by atoms with Crippen LogP contribution in [0.15, 0.2) is 85.1 Å². The molecule has 2 aromatic heterocycles. The number of aromatic nitrogens is 3. The molecule has 3 aromatic carbocycles. The van der Waals surface area contributed by atoms with Crippen LogP contribution in [0.5, 0.6) is 17.2 Å². The number of para-hydroxylation sites is 2. The van der Waals surface area contributed by atoms with E-state index in [2.05, 4.69) is 16.8 Å². The smallest absolute Gasteiger partial charge is 0.229 e. The highest BCUT2D eigenvalue weighted by molar-refractivity contribution is 5.98. The van der Waals surface area contributed by atoms with Crippen LogP contribution in [0.4, 0.5) is 4.39 Å². The van der Waals surface area contributed by atoms with E-state index in [1.165, 1.54) is 12.1 Å². The van der Waals surface area contributed by atoms with Crippen LogP contribution in [0.3, 0.4) is 0 Å². The van der Waals surface area contributed by atoms with Crippen molar-refractivity contribution in [2.45, 2.75) is 58.2 Å². The standard InChI is InChI=1S/C43H48FN5O5/c1-29(47-20-16-32(17-21-47)39(50)41-46-35-10-5-6-11-36(35)49(41)28-34-9-7-8-19-45-34)25-43(26-30-12-14-33(44)15-13-30)18-22-48(42(43)51)27-31-23-37(52-2)40(54-4)38(24-31)53-3/h5-15,19,23-24,29,32H,16-18,20-22,25-28H2,1-4H3. The lowest BCUT2D eigenvalue weighted by atomic mass is 9.74. The summed E-state index contributed by atoms with van der Waals surface area (Å²) in [6, 6.07) is 24.0. The number of benzene rings is 3. The average molecular weight is 734 g/mol. The topological polar surface area (TPSA) is 99.0 Å². The molecule has 282 valence electrons. The molecule has 2 unspecified atom stereocenters. The summed E-state index contributed by atoms with van der Waals surface area (Å²) in [5.41, 5.74) is 3.74. The number of nitrogens with zero attached hydrogens (tertiary/aromatic N) is 5. The second kappa shape index (κ2) is 16.0. The van der Waals surface area contributed by atoms with Crippen molar-refractivity contribution >= 4 is 22.7 Å². The number of carbonyl (C=O) groups excluding carboxylic acids is 2. The first-order chi connectivity index (χ1) is 26.2. The van der Waals surface area contributed by atoms with E-state index >= 15 is 0 Å². The van der Waals surface area contributed by atoms with Gasteiger partial charge in [0.15, 0.2) is 17.3 Å². The fraction of sp³-hybridized carbons (Fsp3) is 0.395. The molecule has 2 atom stereocenters. The van der Waals surface area contributed by atoms with Crippen LogP contribution in [0.1, 0.15) is 60.0 Å². The van der Waals surface area contributed by atoms with Crippen LogP contribution in [-0.4, -0.2) is 83.0 Å². The molecule has 0 aliphatic carbocycles. The SMILES string of the molecule is COc1cc(CN2CCC(Cc3ccc(F)cc3)(CC(C)N3CCC(C(=O)c4nc5ccccc5n4Cc4ccccn4)CC3)C2=O)cc(OC)c1OC. The third kappa shape index (κ3) is 7.55. The van der Waals surface area contributed by atoms with Gasteiger partial charge in [-0.1, -0.05) is 30.3 Å². The number of piperidine rings is 1. The summed E-state index contributed by atoms with van der Waals surface area (Å²) in [6.07, 6.45) is 5.03. The van der Waals surface area contributed by atoms with Crippen LogP contribution < -0.4 is 14.2 Å². The van der Waals surface area contributed by atoms with Gasteiger partial charge in [0.2, 0.25) is 17.4 Å². The van der Waals surface area contributed by atoms with Gasteiger partial charge in [-0.05, 0) is 112 Å². The number of amides is 1. The molecule has 4 heterocycles. The number of likely N-dealkylation sites (tertiary alicyclic amines) is 2. The van der Waals surface area contributed by atoms with E-state index < -0.39 is 5.41 Å².